The Bertz CT molecular complexity index is 520. The summed E-state index contributed by atoms with van der Waals surface area (Å²) < 4.78 is 0. The normalized spacial score (nSPS) is 23.8. The third-order valence-corrected chi connectivity index (χ3v) is 4.13. The molecule has 96 valence electrons. The van der Waals surface area contributed by atoms with Crippen LogP contribution in [0.15, 0.2) is 30.5 Å². The van der Waals surface area contributed by atoms with E-state index < -0.39 is 0 Å². The summed E-state index contributed by atoms with van der Waals surface area (Å²) in [6.45, 7) is 1.20. The van der Waals surface area contributed by atoms with Crippen LogP contribution in [-0.2, 0) is 6.54 Å². The third kappa shape index (κ3) is 2.16. The van der Waals surface area contributed by atoms with Gasteiger partial charge in [0.25, 0.3) is 0 Å². The van der Waals surface area contributed by atoms with Gasteiger partial charge in [-0.05, 0) is 36.5 Å². The van der Waals surface area contributed by atoms with Crippen molar-refractivity contribution in [2.45, 2.75) is 31.8 Å². The molecule has 0 aliphatic heterocycles. The zero-order valence-electron chi connectivity index (χ0n) is 10.5. The molecule has 0 amide bonds. The summed E-state index contributed by atoms with van der Waals surface area (Å²) in [4.78, 5) is 3.24. The highest BCUT2D eigenvalue weighted by atomic mass is 16.3. The van der Waals surface area contributed by atoms with Gasteiger partial charge in [0.2, 0.25) is 0 Å². The molecule has 3 rings (SSSR count). The van der Waals surface area contributed by atoms with Crippen LogP contribution in [0, 0.1) is 5.92 Å². The summed E-state index contributed by atoms with van der Waals surface area (Å²) in [6.07, 6.45) is 5.56. The van der Waals surface area contributed by atoms with E-state index in [-0.39, 0.29) is 0 Å². The van der Waals surface area contributed by atoms with E-state index in [4.69, 9.17) is 0 Å². The van der Waals surface area contributed by atoms with Crippen LogP contribution in [0.5, 0.6) is 0 Å². The number of nitrogens with one attached hydrogen (secondary N) is 2. The van der Waals surface area contributed by atoms with Crippen LogP contribution in [-0.4, -0.2) is 22.7 Å². The predicted octanol–water partition coefficient (Wildman–Crippen LogP) is 2.42. The maximum atomic E-state index is 9.33. The van der Waals surface area contributed by atoms with Crippen molar-refractivity contribution in [3.05, 3.63) is 36.0 Å². The van der Waals surface area contributed by atoms with Crippen molar-refractivity contribution >= 4 is 10.9 Å². The van der Waals surface area contributed by atoms with Crippen molar-refractivity contribution in [1.82, 2.24) is 10.3 Å². The fourth-order valence-corrected chi connectivity index (χ4v) is 3.07. The van der Waals surface area contributed by atoms with Crippen LogP contribution in [0.1, 0.15) is 24.8 Å². The van der Waals surface area contributed by atoms with Crippen molar-refractivity contribution in [3.8, 4) is 0 Å². The summed E-state index contributed by atoms with van der Waals surface area (Å²) >= 11 is 0. The second-order valence-electron chi connectivity index (χ2n) is 5.22. The van der Waals surface area contributed by atoms with E-state index in [0.717, 1.165) is 13.0 Å². The number of hydrogen-bond donors (Lipinski definition) is 3. The molecule has 0 saturated heterocycles. The molecule has 1 aliphatic carbocycles. The van der Waals surface area contributed by atoms with Gasteiger partial charge in [-0.2, -0.15) is 0 Å². The zero-order chi connectivity index (χ0) is 12.4. The summed E-state index contributed by atoms with van der Waals surface area (Å²) in [6, 6.07) is 8.97. The number of aliphatic hydroxyl groups is 1. The lowest BCUT2D eigenvalue weighted by Crippen LogP contribution is -2.33. The van der Waals surface area contributed by atoms with Crippen LogP contribution < -0.4 is 5.32 Å². The maximum absolute atomic E-state index is 9.33. The van der Waals surface area contributed by atoms with Gasteiger partial charge in [-0.1, -0.05) is 18.6 Å². The molecule has 1 heterocycles. The topological polar surface area (TPSA) is 48.0 Å². The highest BCUT2D eigenvalue weighted by Gasteiger charge is 2.25. The van der Waals surface area contributed by atoms with Crippen molar-refractivity contribution in [3.63, 3.8) is 0 Å². The van der Waals surface area contributed by atoms with Crippen LogP contribution in [0.2, 0.25) is 0 Å². The number of aliphatic hydroxyl groups excluding tert-OH is 1. The van der Waals surface area contributed by atoms with Crippen LogP contribution in [0.3, 0.4) is 0 Å². The molecule has 0 bridgehead atoms. The Labute approximate surface area is 107 Å². The first-order valence-electron chi connectivity index (χ1n) is 6.77. The molecule has 2 aromatic rings. The zero-order valence-corrected chi connectivity index (χ0v) is 10.5. The first-order chi connectivity index (χ1) is 8.88. The van der Waals surface area contributed by atoms with Gasteiger partial charge in [-0.25, -0.2) is 0 Å². The molecule has 2 unspecified atom stereocenters. The minimum Gasteiger partial charge on any atom is -0.396 e. The minimum atomic E-state index is 0.312. The van der Waals surface area contributed by atoms with Gasteiger partial charge in [0.1, 0.15) is 0 Å². The number of H-pyrrole nitrogens is 1. The molecule has 3 nitrogen and oxygen atoms in total. The van der Waals surface area contributed by atoms with E-state index in [0.29, 0.717) is 18.6 Å². The molecule has 1 fully saturated rings. The Balaban J connectivity index is 1.71. The van der Waals surface area contributed by atoms with Gasteiger partial charge in [-0.15, -0.1) is 0 Å². The fraction of sp³-hybridized carbons (Fsp3) is 0.467. The first-order valence-corrected chi connectivity index (χ1v) is 6.77. The molecule has 3 N–H and O–H groups in total. The van der Waals surface area contributed by atoms with E-state index in [2.05, 4.69) is 34.6 Å². The van der Waals surface area contributed by atoms with Crippen LogP contribution in [0.4, 0.5) is 0 Å². The maximum Gasteiger partial charge on any atom is 0.0474 e. The third-order valence-electron chi connectivity index (χ3n) is 4.13. The van der Waals surface area contributed by atoms with E-state index in [9.17, 15) is 5.11 Å². The number of aromatic amines is 1. The van der Waals surface area contributed by atoms with E-state index in [1.807, 2.05) is 6.20 Å². The van der Waals surface area contributed by atoms with Gasteiger partial charge in [0, 0.05) is 36.3 Å². The second-order valence-corrected chi connectivity index (χ2v) is 5.22. The number of hydrogen-bond acceptors (Lipinski definition) is 2. The van der Waals surface area contributed by atoms with Gasteiger partial charge in [-0.3, -0.25) is 0 Å². The van der Waals surface area contributed by atoms with Gasteiger partial charge in [0.15, 0.2) is 0 Å². The largest absolute Gasteiger partial charge is 0.396 e. The fourth-order valence-electron chi connectivity index (χ4n) is 3.07. The number of benzene rings is 1. The number of rotatable bonds is 4. The van der Waals surface area contributed by atoms with Crippen molar-refractivity contribution in [2.24, 2.45) is 5.92 Å². The van der Waals surface area contributed by atoms with E-state index >= 15 is 0 Å². The lowest BCUT2D eigenvalue weighted by molar-refractivity contribution is 0.205. The molecule has 3 heteroatoms. The minimum absolute atomic E-state index is 0.312. The average molecular weight is 244 g/mol. The Hall–Kier alpha value is -1.32. The smallest absolute Gasteiger partial charge is 0.0474 e. The summed E-state index contributed by atoms with van der Waals surface area (Å²) in [5, 5.41) is 14.2. The number of fused-ring (bicyclic) bond motifs is 1. The highest BCUT2D eigenvalue weighted by Crippen LogP contribution is 2.26. The van der Waals surface area contributed by atoms with Crippen LogP contribution in [0.25, 0.3) is 10.9 Å². The molecule has 1 aromatic carbocycles. The summed E-state index contributed by atoms with van der Waals surface area (Å²) in [7, 11) is 0. The van der Waals surface area contributed by atoms with E-state index in [1.165, 1.54) is 29.3 Å². The monoisotopic (exact) mass is 244 g/mol. The Morgan fingerprint density at radius 1 is 1.28 bits per heavy atom. The van der Waals surface area contributed by atoms with Crippen molar-refractivity contribution < 1.29 is 5.11 Å². The molecule has 1 aromatic heterocycles. The summed E-state index contributed by atoms with van der Waals surface area (Å²) in [5.41, 5.74) is 2.52. The Kier molecular flexibility index (Phi) is 3.35. The lowest BCUT2D eigenvalue weighted by Gasteiger charge is -2.19. The summed E-state index contributed by atoms with van der Waals surface area (Å²) in [5.74, 6) is 0.440. The van der Waals surface area contributed by atoms with Gasteiger partial charge in [0.05, 0.1) is 0 Å². The Morgan fingerprint density at radius 3 is 3.11 bits per heavy atom. The van der Waals surface area contributed by atoms with Gasteiger partial charge < -0.3 is 15.4 Å². The molecule has 18 heavy (non-hydrogen) atoms. The molecule has 1 aliphatic rings. The van der Waals surface area contributed by atoms with Gasteiger partial charge >= 0.3 is 0 Å². The molecule has 2 atom stereocenters. The quantitative estimate of drug-likeness (QED) is 0.773. The van der Waals surface area contributed by atoms with Crippen molar-refractivity contribution in [1.29, 1.82) is 0 Å². The molecule has 0 spiro atoms. The average Bonchev–Trinajstić information content (AvgIpc) is 3.04. The standard InChI is InChI=1S/C15H20N2O/c18-10-12-4-2-5-14(12)17-9-11-3-1-6-15-13(11)7-8-16-15/h1,3,6-8,12,14,16-18H,2,4-5,9-10H2. The van der Waals surface area contributed by atoms with Crippen LogP contribution >= 0.6 is 0 Å². The van der Waals surface area contributed by atoms with E-state index in [1.54, 1.807) is 0 Å². The molecule has 1 saturated carbocycles. The highest BCUT2D eigenvalue weighted by molar-refractivity contribution is 5.82. The molecule has 0 radical (unpaired) electrons. The lowest BCUT2D eigenvalue weighted by atomic mass is 10.0. The number of aromatic nitrogens is 1. The first kappa shape index (κ1) is 11.8. The molecular weight excluding hydrogens is 224 g/mol. The SMILES string of the molecule is OCC1CCCC1NCc1cccc2[nH]ccc12. The van der Waals surface area contributed by atoms with Crippen molar-refractivity contribution in [2.75, 3.05) is 6.61 Å². The Morgan fingerprint density at radius 2 is 2.22 bits per heavy atom. The molecular formula is C15H20N2O. The predicted molar refractivity (Wildman–Crippen MR) is 73.4 cm³/mol. The second kappa shape index (κ2) is 5.12.